The third kappa shape index (κ3) is 4.77. The number of fused-ring (bicyclic) bond motifs is 1. The summed E-state index contributed by atoms with van der Waals surface area (Å²) in [5.41, 5.74) is -0.166. The van der Waals surface area contributed by atoms with Gasteiger partial charge in [0.05, 0.1) is 11.5 Å². The summed E-state index contributed by atoms with van der Waals surface area (Å²) in [6.07, 6.45) is 1.76. The number of methoxy groups -OCH3 is 1. The fourth-order valence-corrected chi connectivity index (χ4v) is 4.33. The number of hydrogen-bond donors (Lipinski definition) is 2. The molecule has 2 heterocycles. The van der Waals surface area contributed by atoms with Crippen LogP contribution in [0.2, 0.25) is 0 Å². The quantitative estimate of drug-likeness (QED) is 0.756. The van der Waals surface area contributed by atoms with Gasteiger partial charge in [0.15, 0.2) is 11.5 Å². The van der Waals surface area contributed by atoms with Gasteiger partial charge in [-0.2, -0.15) is 0 Å². The third-order valence-electron chi connectivity index (χ3n) is 4.58. The zero-order chi connectivity index (χ0) is 17.0. The number of ether oxygens (including phenoxy) is 3. The summed E-state index contributed by atoms with van der Waals surface area (Å²) < 4.78 is 44.3. The summed E-state index contributed by atoms with van der Waals surface area (Å²) in [5, 5.41) is 3.30. The molecule has 0 aliphatic carbocycles. The molecule has 3 rings (SSSR count). The van der Waals surface area contributed by atoms with Gasteiger partial charge in [0.1, 0.15) is 13.2 Å². The number of hydrogen-bond acceptors (Lipinski definition) is 6. The van der Waals surface area contributed by atoms with Crippen LogP contribution in [0.3, 0.4) is 0 Å². The summed E-state index contributed by atoms with van der Waals surface area (Å²) >= 11 is 0. The highest BCUT2D eigenvalue weighted by Gasteiger charge is 2.33. The highest BCUT2D eigenvalue weighted by molar-refractivity contribution is 7.89. The van der Waals surface area contributed by atoms with Crippen molar-refractivity contribution in [3.8, 4) is 11.5 Å². The molecular weight excluding hydrogens is 368 g/mol. The van der Waals surface area contributed by atoms with Crippen molar-refractivity contribution in [1.29, 1.82) is 0 Å². The van der Waals surface area contributed by atoms with Gasteiger partial charge in [-0.25, -0.2) is 13.1 Å². The Balaban J connectivity index is 0.00000225. The van der Waals surface area contributed by atoms with Crippen LogP contribution in [0.15, 0.2) is 23.1 Å². The Morgan fingerprint density at radius 1 is 1.20 bits per heavy atom. The molecule has 0 saturated carbocycles. The van der Waals surface area contributed by atoms with Crippen molar-refractivity contribution in [2.45, 2.75) is 17.7 Å². The molecule has 0 amide bonds. The number of piperidine rings is 1. The van der Waals surface area contributed by atoms with Gasteiger partial charge in [-0.3, -0.25) is 0 Å². The molecule has 142 valence electrons. The summed E-state index contributed by atoms with van der Waals surface area (Å²) in [4.78, 5) is 0.188. The standard InChI is InChI=1S/C16H24N2O5S.ClH/c1-21-12-16(4-6-17-7-5-16)11-18-24(19,20)13-2-3-14-15(10-13)23-9-8-22-14;/h2-3,10,17-18H,4-9,11-12H2,1H3;1H. The Hall–Kier alpha value is -1.06. The van der Waals surface area contributed by atoms with E-state index in [2.05, 4.69) is 10.0 Å². The summed E-state index contributed by atoms with van der Waals surface area (Å²) in [7, 11) is -1.96. The lowest BCUT2D eigenvalue weighted by Crippen LogP contribution is -2.47. The van der Waals surface area contributed by atoms with Crippen molar-refractivity contribution in [2.24, 2.45) is 5.41 Å². The summed E-state index contributed by atoms with van der Waals surface area (Å²) in [6.45, 7) is 3.54. The molecule has 1 fully saturated rings. The van der Waals surface area contributed by atoms with E-state index >= 15 is 0 Å². The fourth-order valence-electron chi connectivity index (χ4n) is 3.16. The Morgan fingerprint density at radius 3 is 2.56 bits per heavy atom. The number of halogens is 1. The monoisotopic (exact) mass is 392 g/mol. The lowest BCUT2D eigenvalue weighted by molar-refractivity contribution is 0.0577. The average Bonchev–Trinajstić information content (AvgIpc) is 2.61. The van der Waals surface area contributed by atoms with Gasteiger partial charge < -0.3 is 19.5 Å². The zero-order valence-electron chi connectivity index (χ0n) is 14.2. The van der Waals surface area contributed by atoms with Crippen molar-refractivity contribution in [3.05, 3.63) is 18.2 Å². The van der Waals surface area contributed by atoms with Gasteiger partial charge in [-0.15, -0.1) is 12.4 Å². The van der Waals surface area contributed by atoms with E-state index in [1.807, 2.05) is 0 Å². The minimum absolute atomic E-state index is 0. The lowest BCUT2D eigenvalue weighted by atomic mass is 9.80. The molecule has 1 aromatic carbocycles. The molecule has 9 heteroatoms. The maximum absolute atomic E-state index is 12.6. The Kier molecular flexibility index (Phi) is 6.93. The van der Waals surface area contributed by atoms with Gasteiger partial charge >= 0.3 is 0 Å². The fraction of sp³-hybridized carbons (Fsp3) is 0.625. The van der Waals surface area contributed by atoms with Crippen molar-refractivity contribution in [1.82, 2.24) is 10.0 Å². The van der Waals surface area contributed by atoms with Crippen LogP contribution in [-0.4, -0.2) is 55.0 Å². The van der Waals surface area contributed by atoms with Gasteiger partial charge in [0, 0.05) is 25.1 Å². The predicted octanol–water partition coefficient (Wildman–Crippen LogP) is 1.17. The van der Waals surface area contributed by atoms with Crippen LogP contribution in [0.5, 0.6) is 11.5 Å². The van der Waals surface area contributed by atoms with E-state index < -0.39 is 10.0 Å². The number of benzene rings is 1. The molecule has 0 radical (unpaired) electrons. The maximum Gasteiger partial charge on any atom is 0.240 e. The van der Waals surface area contributed by atoms with E-state index in [4.69, 9.17) is 14.2 Å². The van der Waals surface area contributed by atoms with E-state index in [9.17, 15) is 8.42 Å². The Morgan fingerprint density at radius 2 is 1.88 bits per heavy atom. The van der Waals surface area contributed by atoms with Crippen LogP contribution in [0.25, 0.3) is 0 Å². The van der Waals surface area contributed by atoms with Crippen LogP contribution in [0.1, 0.15) is 12.8 Å². The van der Waals surface area contributed by atoms with E-state index in [1.165, 1.54) is 6.07 Å². The van der Waals surface area contributed by atoms with Gasteiger partial charge in [-0.1, -0.05) is 0 Å². The molecular formula is C16H25ClN2O5S. The lowest BCUT2D eigenvalue weighted by Gasteiger charge is -2.37. The molecule has 2 aliphatic rings. The second kappa shape index (κ2) is 8.55. The van der Waals surface area contributed by atoms with Crippen LogP contribution in [0.4, 0.5) is 0 Å². The molecule has 0 aromatic heterocycles. The van der Waals surface area contributed by atoms with Crippen molar-refractivity contribution in [2.75, 3.05) is 46.6 Å². The largest absolute Gasteiger partial charge is 0.486 e. The van der Waals surface area contributed by atoms with E-state index in [-0.39, 0.29) is 22.7 Å². The first kappa shape index (κ1) is 20.3. The normalized spacial score (nSPS) is 19.1. The number of nitrogens with one attached hydrogen (secondary N) is 2. The third-order valence-corrected chi connectivity index (χ3v) is 5.97. The Bertz CT molecular complexity index is 672. The van der Waals surface area contributed by atoms with Crippen LogP contribution in [-0.2, 0) is 14.8 Å². The first-order valence-corrected chi connectivity index (χ1v) is 9.62. The molecule has 1 saturated heterocycles. The van der Waals surface area contributed by atoms with Crippen molar-refractivity contribution in [3.63, 3.8) is 0 Å². The minimum atomic E-state index is -3.61. The first-order valence-electron chi connectivity index (χ1n) is 8.14. The first-order chi connectivity index (χ1) is 11.5. The van der Waals surface area contributed by atoms with E-state index in [1.54, 1.807) is 19.2 Å². The second-order valence-electron chi connectivity index (χ2n) is 6.31. The van der Waals surface area contributed by atoms with Crippen LogP contribution in [0, 0.1) is 5.41 Å². The highest BCUT2D eigenvalue weighted by Crippen LogP contribution is 2.33. The predicted molar refractivity (Wildman–Crippen MR) is 96.3 cm³/mol. The molecule has 2 aliphatic heterocycles. The zero-order valence-corrected chi connectivity index (χ0v) is 15.9. The molecule has 7 nitrogen and oxygen atoms in total. The topological polar surface area (TPSA) is 85.9 Å². The maximum atomic E-state index is 12.6. The smallest absolute Gasteiger partial charge is 0.240 e. The summed E-state index contributed by atoms with van der Waals surface area (Å²) in [5.74, 6) is 1.05. The highest BCUT2D eigenvalue weighted by atomic mass is 35.5. The van der Waals surface area contributed by atoms with Gasteiger partial charge in [0.2, 0.25) is 10.0 Å². The van der Waals surface area contributed by atoms with Crippen molar-refractivity contribution < 1.29 is 22.6 Å². The van der Waals surface area contributed by atoms with E-state index in [0.717, 1.165) is 25.9 Å². The number of rotatable bonds is 6. The van der Waals surface area contributed by atoms with Gasteiger partial charge in [0.25, 0.3) is 0 Å². The molecule has 1 aromatic rings. The molecule has 25 heavy (non-hydrogen) atoms. The minimum Gasteiger partial charge on any atom is -0.486 e. The Labute approximate surface area is 154 Å². The molecule has 2 N–H and O–H groups in total. The number of sulfonamides is 1. The van der Waals surface area contributed by atoms with E-state index in [0.29, 0.717) is 37.9 Å². The molecule has 0 spiro atoms. The second-order valence-corrected chi connectivity index (χ2v) is 8.08. The van der Waals surface area contributed by atoms with Crippen LogP contribution >= 0.6 is 12.4 Å². The molecule has 0 atom stereocenters. The van der Waals surface area contributed by atoms with Crippen molar-refractivity contribution >= 4 is 22.4 Å². The average molecular weight is 393 g/mol. The van der Waals surface area contributed by atoms with Crippen LogP contribution < -0.4 is 19.5 Å². The summed E-state index contributed by atoms with van der Waals surface area (Å²) in [6, 6.07) is 4.70. The molecule has 0 unspecified atom stereocenters. The molecule has 0 bridgehead atoms. The SMILES string of the molecule is COCC1(CNS(=O)(=O)c2ccc3c(c2)OCCO3)CCNCC1.Cl. The van der Waals surface area contributed by atoms with Gasteiger partial charge in [-0.05, 0) is 38.1 Å².